The first-order chi connectivity index (χ1) is 29.0. The molecule has 1 amide bonds. The summed E-state index contributed by atoms with van der Waals surface area (Å²) in [5, 5.41) is 16.0. The Morgan fingerprint density at radius 3 is 2.60 bits per heavy atom. The number of H-pyrrole nitrogens is 1. The fourth-order valence-corrected chi connectivity index (χ4v) is 10.8. The highest BCUT2D eigenvalue weighted by atomic mass is 32.2. The van der Waals surface area contributed by atoms with Gasteiger partial charge in [-0.2, -0.15) is 0 Å². The first kappa shape index (κ1) is 39.9. The molecule has 3 aliphatic heterocycles. The van der Waals surface area contributed by atoms with Crippen LogP contribution in [-0.2, 0) is 14.8 Å². The minimum absolute atomic E-state index is 0.00938. The van der Waals surface area contributed by atoms with E-state index in [-0.39, 0.29) is 22.9 Å². The van der Waals surface area contributed by atoms with Crippen LogP contribution < -0.4 is 19.7 Å². The van der Waals surface area contributed by atoms with E-state index in [1.807, 2.05) is 12.1 Å². The fraction of sp³-hybridized carbons (Fsp3) is 0.422. The summed E-state index contributed by atoms with van der Waals surface area (Å²) >= 11 is 0. The molecule has 4 aliphatic rings. The number of sulfonamides is 1. The minimum atomic E-state index is -4.53. The number of hydrogen-bond donors (Lipinski definition) is 3. The van der Waals surface area contributed by atoms with E-state index in [4.69, 9.17) is 9.47 Å². The third kappa shape index (κ3) is 8.17. The number of rotatable bonds is 12. The number of carbonyl (C=O) groups is 1. The van der Waals surface area contributed by atoms with E-state index in [2.05, 4.69) is 61.0 Å². The molecule has 0 bridgehead atoms. The zero-order valence-electron chi connectivity index (χ0n) is 33.8. The number of likely N-dealkylation sites (tertiary alicyclic amines) is 1. The number of aromatic amines is 1. The van der Waals surface area contributed by atoms with E-state index in [0.717, 1.165) is 62.5 Å². The molecule has 314 valence electrons. The van der Waals surface area contributed by atoms with Gasteiger partial charge in [-0.1, -0.05) is 24.3 Å². The molecule has 5 heterocycles. The lowest BCUT2D eigenvalue weighted by atomic mass is 9.59. The van der Waals surface area contributed by atoms with Crippen LogP contribution in [0.3, 0.4) is 0 Å². The van der Waals surface area contributed by atoms with Crippen LogP contribution in [0.2, 0.25) is 0 Å². The van der Waals surface area contributed by atoms with Crippen LogP contribution in [0.15, 0.2) is 90.1 Å². The minimum Gasteiger partial charge on any atom is -0.455 e. The first-order valence-corrected chi connectivity index (χ1v) is 22.5. The standard InChI is InChI=1S/C45H51N7O7S/c1-30-5-2-3-6-37(30)40-7-4-18-51(40)34-26-45(27-34)15-19-50(20-16-45)33-8-10-38(42(24-33)59-35-23-32-12-17-46-43(32)48-29-35)44(53)49-60(56,57)36-9-11-39(41(25-36)52(54)55)47-28-31-13-21-58-22-14-31/h2-3,5-6,8-12,17,23-25,29,31,34,40,47H,4,7,13-16,18-22,26-28H2,1H3,(H,46,48)(H,49,53)/t40-/m0/s1. The van der Waals surface area contributed by atoms with Crippen molar-refractivity contribution >= 4 is 44.0 Å². The Morgan fingerprint density at radius 2 is 1.82 bits per heavy atom. The Bertz CT molecular complexity index is 2500. The third-order valence-corrected chi connectivity index (χ3v) is 14.6. The van der Waals surface area contributed by atoms with Crippen molar-refractivity contribution in [2.45, 2.75) is 75.3 Å². The van der Waals surface area contributed by atoms with Gasteiger partial charge >= 0.3 is 0 Å². The molecular formula is C45H51N7O7S. The van der Waals surface area contributed by atoms with Crippen molar-refractivity contribution in [1.82, 2.24) is 19.6 Å². The van der Waals surface area contributed by atoms with Crippen molar-refractivity contribution in [3.63, 3.8) is 0 Å². The molecule has 2 aromatic heterocycles. The number of amides is 1. The van der Waals surface area contributed by atoms with Gasteiger partial charge in [0.25, 0.3) is 21.6 Å². The highest BCUT2D eigenvalue weighted by Gasteiger charge is 2.50. The molecule has 5 aromatic rings. The number of carbonyl (C=O) groups excluding carboxylic acids is 1. The van der Waals surface area contributed by atoms with Gasteiger partial charge in [0, 0.05) is 74.3 Å². The van der Waals surface area contributed by atoms with E-state index in [1.165, 1.54) is 48.9 Å². The summed E-state index contributed by atoms with van der Waals surface area (Å²) < 4.78 is 41.2. The number of benzene rings is 3. The van der Waals surface area contributed by atoms with Crippen LogP contribution >= 0.6 is 0 Å². The van der Waals surface area contributed by atoms with Crippen LogP contribution in [0.5, 0.6) is 11.5 Å². The van der Waals surface area contributed by atoms with Gasteiger partial charge in [0.1, 0.15) is 22.8 Å². The Kier molecular flexibility index (Phi) is 11.0. The van der Waals surface area contributed by atoms with Crippen molar-refractivity contribution in [3.8, 4) is 11.5 Å². The first-order valence-electron chi connectivity index (χ1n) is 21.0. The summed E-state index contributed by atoms with van der Waals surface area (Å²) in [5.41, 5.74) is 4.49. The highest BCUT2D eigenvalue weighted by Crippen LogP contribution is 2.54. The predicted octanol–water partition coefficient (Wildman–Crippen LogP) is 8.12. The van der Waals surface area contributed by atoms with Gasteiger partial charge in [-0.15, -0.1) is 0 Å². The van der Waals surface area contributed by atoms with Gasteiger partial charge in [0.2, 0.25) is 0 Å². The van der Waals surface area contributed by atoms with Gasteiger partial charge in [-0.05, 0) is 124 Å². The van der Waals surface area contributed by atoms with E-state index in [0.29, 0.717) is 48.7 Å². The normalized spacial score (nSPS) is 19.9. The van der Waals surface area contributed by atoms with Crippen LogP contribution in [0.4, 0.5) is 17.1 Å². The molecule has 3 N–H and O–H groups in total. The van der Waals surface area contributed by atoms with E-state index in [9.17, 15) is 23.3 Å². The van der Waals surface area contributed by atoms with Gasteiger partial charge < -0.3 is 24.7 Å². The second-order valence-corrected chi connectivity index (χ2v) is 18.7. The Balaban J connectivity index is 0.907. The zero-order chi connectivity index (χ0) is 41.4. The van der Waals surface area contributed by atoms with Crippen LogP contribution in [0.25, 0.3) is 11.0 Å². The number of nitro benzene ring substituents is 1. The molecule has 0 unspecified atom stereocenters. The van der Waals surface area contributed by atoms with Gasteiger partial charge in [-0.25, -0.2) is 18.1 Å². The number of nitro groups is 1. The molecule has 9 rings (SSSR count). The zero-order valence-corrected chi connectivity index (χ0v) is 34.6. The lowest BCUT2D eigenvalue weighted by Crippen LogP contribution is -2.54. The van der Waals surface area contributed by atoms with E-state index in [1.54, 1.807) is 30.6 Å². The van der Waals surface area contributed by atoms with Crippen LogP contribution in [0.1, 0.15) is 78.9 Å². The summed E-state index contributed by atoms with van der Waals surface area (Å²) in [6.45, 7) is 6.84. The van der Waals surface area contributed by atoms with Crippen molar-refractivity contribution in [2.24, 2.45) is 11.3 Å². The lowest BCUT2D eigenvalue weighted by Gasteiger charge is -2.56. The Hall–Kier alpha value is -5.51. The maximum atomic E-state index is 13.9. The number of piperidine rings is 1. The topological polar surface area (TPSA) is 172 Å². The average Bonchev–Trinajstić information content (AvgIpc) is 3.92. The third-order valence-electron chi connectivity index (χ3n) is 13.3. The number of ether oxygens (including phenoxy) is 2. The second-order valence-electron chi connectivity index (χ2n) is 17.0. The number of anilines is 2. The quantitative estimate of drug-likeness (QED) is 0.0819. The van der Waals surface area contributed by atoms with Gasteiger partial charge in [0.05, 0.1) is 21.6 Å². The fourth-order valence-electron chi connectivity index (χ4n) is 9.84. The lowest BCUT2D eigenvalue weighted by molar-refractivity contribution is -0.384. The van der Waals surface area contributed by atoms with Crippen molar-refractivity contribution in [3.05, 3.63) is 112 Å². The number of fused-ring (bicyclic) bond motifs is 1. The number of nitrogens with one attached hydrogen (secondary N) is 3. The SMILES string of the molecule is Cc1ccccc1[C@@H]1CCCN1C1CC2(CCN(c3ccc(C(=O)NS(=O)(=O)c4ccc(NCC5CCOCC5)c([N+](=O)[O-])c4)c(Oc4cnc5[nH]ccc5c4)c3)CC2)C1. The summed E-state index contributed by atoms with van der Waals surface area (Å²) in [4.78, 5) is 37.5. The molecule has 1 saturated carbocycles. The number of aryl methyl sites for hydroxylation is 1. The summed E-state index contributed by atoms with van der Waals surface area (Å²) in [5.74, 6) is -0.111. The maximum absolute atomic E-state index is 13.9. The second kappa shape index (κ2) is 16.5. The molecule has 14 nitrogen and oxygen atoms in total. The molecule has 1 atom stereocenters. The summed E-state index contributed by atoms with van der Waals surface area (Å²) in [6, 6.07) is 22.3. The molecule has 1 spiro atoms. The summed E-state index contributed by atoms with van der Waals surface area (Å²) in [6.07, 6.45) is 12.0. The number of aromatic nitrogens is 2. The molecule has 3 saturated heterocycles. The molecule has 1 aliphatic carbocycles. The average molecular weight is 834 g/mol. The summed E-state index contributed by atoms with van der Waals surface area (Å²) in [7, 11) is -4.53. The van der Waals surface area contributed by atoms with Crippen molar-refractivity contribution < 1.29 is 27.6 Å². The van der Waals surface area contributed by atoms with Crippen molar-refractivity contribution in [2.75, 3.05) is 49.6 Å². The van der Waals surface area contributed by atoms with Gasteiger partial charge in [0.15, 0.2) is 0 Å². The molecule has 60 heavy (non-hydrogen) atoms. The monoisotopic (exact) mass is 833 g/mol. The Labute approximate surface area is 349 Å². The van der Waals surface area contributed by atoms with Gasteiger partial charge in [-0.3, -0.25) is 19.8 Å². The van der Waals surface area contributed by atoms with E-state index >= 15 is 0 Å². The highest BCUT2D eigenvalue weighted by molar-refractivity contribution is 7.90. The molecule has 3 aromatic carbocycles. The predicted molar refractivity (Wildman–Crippen MR) is 229 cm³/mol. The van der Waals surface area contributed by atoms with Crippen molar-refractivity contribution in [1.29, 1.82) is 0 Å². The van der Waals surface area contributed by atoms with Crippen LogP contribution in [-0.4, -0.2) is 79.6 Å². The molecule has 4 fully saturated rings. The smallest absolute Gasteiger partial charge is 0.293 e. The molecule has 15 heteroatoms. The van der Waals surface area contributed by atoms with Crippen LogP contribution in [0, 0.1) is 28.4 Å². The molecule has 0 radical (unpaired) electrons. The maximum Gasteiger partial charge on any atom is 0.293 e. The van der Waals surface area contributed by atoms with E-state index < -0.39 is 31.4 Å². The molecular weight excluding hydrogens is 783 g/mol. The number of pyridine rings is 1. The Morgan fingerprint density at radius 1 is 1.02 bits per heavy atom. The number of hydrogen-bond acceptors (Lipinski definition) is 11. The largest absolute Gasteiger partial charge is 0.455 e. The number of nitrogens with zero attached hydrogens (tertiary/aromatic N) is 4.